The number of aliphatic hydroxyl groups excluding tert-OH is 1. The molecule has 498 valence electrons. The summed E-state index contributed by atoms with van der Waals surface area (Å²) < 4.78 is 68.0. The lowest BCUT2D eigenvalue weighted by molar-refractivity contribution is -0.161. The Bertz CT molecular complexity index is 1620. The highest BCUT2D eigenvalue weighted by atomic mass is 31.2. The van der Waals surface area contributed by atoms with E-state index in [2.05, 4.69) is 27.7 Å². The Hall–Kier alpha value is -1.94. The monoisotopic (exact) mass is 1240 g/mol. The van der Waals surface area contributed by atoms with E-state index in [1.54, 1.807) is 0 Å². The second-order valence-corrected chi connectivity index (χ2v) is 26.4. The zero-order valence-electron chi connectivity index (χ0n) is 53.9. The van der Waals surface area contributed by atoms with Gasteiger partial charge in [-0.2, -0.15) is 0 Å². The van der Waals surface area contributed by atoms with Crippen molar-refractivity contribution in [1.82, 2.24) is 0 Å². The van der Waals surface area contributed by atoms with Gasteiger partial charge < -0.3 is 33.8 Å². The molecule has 0 aliphatic rings. The third kappa shape index (κ3) is 59.0. The van der Waals surface area contributed by atoms with Crippen molar-refractivity contribution in [2.45, 2.75) is 354 Å². The lowest BCUT2D eigenvalue weighted by atomic mass is 10.0. The first-order valence-corrected chi connectivity index (χ1v) is 37.3. The van der Waals surface area contributed by atoms with E-state index in [0.29, 0.717) is 25.7 Å². The molecule has 17 nitrogen and oxygen atoms in total. The van der Waals surface area contributed by atoms with Crippen molar-refractivity contribution in [1.29, 1.82) is 0 Å². The molecule has 0 fully saturated rings. The number of esters is 4. The highest BCUT2D eigenvalue weighted by molar-refractivity contribution is 7.47. The van der Waals surface area contributed by atoms with Crippen molar-refractivity contribution in [3.05, 3.63) is 0 Å². The Kier molecular flexibility index (Phi) is 58.6. The van der Waals surface area contributed by atoms with E-state index in [1.165, 1.54) is 154 Å². The average Bonchev–Trinajstić information content (AvgIpc) is 3.57. The summed E-state index contributed by atoms with van der Waals surface area (Å²) in [6.07, 6.45) is 45.7. The number of unbranched alkanes of at least 4 members (excludes halogenated alkanes) is 40. The molecule has 0 radical (unpaired) electrons. The summed E-state index contributed by atoms with van der Waals surface area (Å²) in [4.78, 5) is 72.2. The zero-order chi connectivity index (χ0) is 61.9. The van der Waals surface area contributed by atoms with Crippen molar-refractivity contribution >= 4 is 39.5 Å². The maximum absolute atomic E-state index is 13.0. The zero-order valence-corrected chi connectivity index (χ0v) is 55.7. The number of carbonyl (C=O) groups excluding carboxylic acids is 4. The number of aliphatic hydroxyl groups is 1. The van der Waals surface area contributed by atoms with Crippen LogP contribution in [0.2, 0.25) is 0 Å². The van der Waals surface area contributed by atoms with Gasteiger partial charge in [-0.3, -0.25) is 37.3 Å². The van der Waals surface area contributed by atoms with Crippen LogP contribution in [0.1, 0.15) is 336 Å². The molecular weight excluding hydrogens is 1110 g/mol. The van der Waals surface area contributed by atoms with E-state index in [0.717, 1.165) is 103 Å². The second kappa shape index (κ2) is 60.0. The van der Waals surface area contributed by atoms with E-state index in [-0.39, 0.29) is 25.7 Å². The second-order valence-electron chi connectivity index (χ2n) is 23.5. The van der Waals surface area contributed by atoms with Gasteiger partial charge in [-0.05, 0) is 25.7 Å². The summed E-state index contributed by atoms with van der Waals surface area (Å²) in [6.45, 7) is 4.87. The molecular formula is C65H126O17P2. The van der Waals surface area contributed by atoms with Crippen LogP contribution in [-0.4, -0.2) is 96.7 Å². The van der Waals surface area contributed by atoms with Crippen LogP contribution in [0.15, 0.2) is 0 Å². The van der Waals surface area contributed by atoms with E-state index in [1.807, 2.05) is 0 Å². The van der Waals surface area contributed by atoms with Crippen LogP contribution in [0.4, 0.5) is 0 Å². The van der Waals surface area contributed by atoms with Gasteiger partial charge in [-0.1, -0.05) is 285 Å². The normalized spacial score (nSPS) is 14.1. The van der Waals surface area contributed by atoms with Crippen molar-refractivity contribution in [2.24, 2.45) is 0 Å². The predicted octanol–water partition coefficient (Wildman–Crippen LogP) is 18.3. The van der Waals surface area contributed by atoms with Gasteiger partial charge in [0.15, 0.2) is 12.2 Å². The van der Waals surface area contributed by atoms with Crippen molar-refractivity contribution < 1.29 is 80.2 Å². The molecule has 3 N–H and O–H groups in total. The van der Waals surface area contributed by atoms with Gasteiger partial charge in [-0.25, -0.2) is 9.13 Å². The van der Waals surface area contributed by atoms with Gasteiger partial charge in [0.2, 0.25) is 0 Å². The largest absolute Gasteiger partial charge is 0.472 e. The number of carbonyl (C=O) groups is 4. The van der Waals surface area contributed by atoms with Crippen molar-refractivity contribution in [3.63, 3.8) is 0 Å². The molecule has 2 unspecified atom stereocenters. The minimum atomic E-state index is -4.94. The van der Waals surface area contributed by atoms with Gasteiger partial charge in [0.05, 0.1) is 26.4 Å². The molecule has 0 aliphatic heterocycles. The first kappa shape index (κ1) is 82.1. The molecule has 0 aliphatic carbocycles. The smallest absolute Gasteiger partial charge is 0.462 e. The number of ether oxygens (including phenoxy) is 4. The maximum atomic E-state index is 13.0. The third-order valence-corrected chi connectivity index (χ3v) is 17.0. The molecule has 5 atom stereocenters. The van der Waals surface area contributed by atoms with E-state index in [9.17, 15) is 43.2 Å². The van der Waals surface area contributed by atoms with Gasteiger partial charge in [0, 0.05) is 25.7 Å². The highest BCUT2D eigenvalue weighted by Crippen LogP contribution is 2.45. The number of hydrogen-bond acceptors (Lipinski definition) is 15. The van der Waals surface area contributed by atoms with E-state index < -0.39 is 97.5 Å². The Morgan fingerprint density at radius 1 is 0.286 bits per heavy atom. The van der Waals surface area contributed by atoms with Crippen LogP contribution in [0.5, 0.6) is 0 Å². The fourth-order valence-electron chi connectivity index (χ4n) is 9.81. The fourth-order valence-corrected chi connectivity index (χ4v) is 11.4. The molecule has 0 rings (SSSR count). The number of phosphoric acid groups is 2. The van der Waals surface area contributed by atoms with Crippen molar-refractivity contribution in [2.75, 3.05) is 39.6 Å². The molecule has 0 amide bonds. The molecule has 0 aromatic rings. The highest BCUT2D eigenvalue weighted by Gasteiger charge is 2.30. The van der Waals surface area contributed by atoms with Gasteiger partial charge in [0.25, 0.3) is 0 Å². The maximum Gasteiger partial charge on any atom is 0.472 e. The predicted molar refractivity (Wildman–Crippen MR) is 335 cm³/mol. The van der Waals surface area contributed by atoms with Crippen LogP contribution < -0.4 is 0 Å². The number of phosphoric ester groups is 2. The summed E-state index contributed by atoms with van der Waals surface area (Å²) >= 11 is 0. The Morgan fingerprint density at radius 2 is 0.476 bits per heavy atom. The number of rotatable bonds is 66. The first-order chi connectivity index (χ1) is 40.7. The lowest BCUT2D eigenvalue weighted by Gasteiger charge is -2.21. The Balaban J connectivity index is 5.21. The summed E-state index contributed by atoms with van der Waals surface area (Å²) in [5.74, 6) is -2.13. The van der Waals surface area contributed by atoms with Gasteiger partial charge >= 0.3 is 39.5 Å². The molecule has 0 bridgehead atoms. The molecule has 0 aromatic heterocycles. The quantitative estimate of drug-likeness (QED) is 0.0222. The Labute approximate surface area is 511 Å². The summed E-state index contributed by atoms with van der Waals surface area (Å²) in [7, 11) is -9.88. The van der Waals surface area contributed by atoms with E-state index in [4.69, 9.17) is 37.0 Å². The SMILES string of the molecule is CCCCCCCCCCCCCCCCC(=O)O[C@H](COC(=O)CCCCCCCCCCCCCC)COP(=O)(O)OC[C@@H](O)COP(=O)(O)OC[C@@H](COC(=O)CCCCCCCCC)OC(=O)CCCCCCCCCCCCC. The molecule has 0 saturated heterocycles. The van der Waals surface area contributed by atoms with Crippen LogP contribution >= 0.6 is 15.6 Å². The molecule has 19 heteroatoms. The van der Waals surface area contributed by atoms with Crippen molar-refractivity contribution in [3.8, 4) is 0 Å². The molecule has 84 heavy (non-hydrogen) atoms. The molecule has 0 spiro atoms. The van der Waals surface area contributed by atoms with Crippen LogP contribution in [0, 0.1) is 0 Å². The molecule has 0 heterocycles. The summed E-state index contributed by atoms with van der Waals surface area (Å²) in [6, 6.07) is 0. The first-order valence-electron chi connectivity index (χ1n) is 34.3. The van der Waals surface area contributed by atoms with Gasteiger partial charge in [-0.15, -0.1) is 0 Å². The summed E-state index contributed by atoms with van der Waals surface area (Å²) in [5.41, 5.74) is 0. The van der Waals surface area contributed by atoms with Crippen LogP contribution in [-0.2, 0) is 65.4 Å². The standard InChI is InChI=1S/C65H126O17P2/c1-5-9-13-17-21-24-27-29-30-33-36-40-44-48-52-65(70)82-61(56-76-63(68)50-46-42-38-34-32-28-25-22-18-14-10-6-2)58-80-84(73,74)78-54-59(66)53-77-83(71,72)79-57-60(55-75-62(67)49-45-41-37-20-16-12-8-4)81-64(69)51-47-43-39-35-31-26-23-19-15-11-7-3/h59-61,66H,5-58H2,1-4H3,(H,71,72)(H,73,74)/t59-,60+,61+/m0/s1. The van der Waals surface area contributed by atoms with E-state index >= 15 is 0 Å². The molecule has 0 aromatic carbocycles. The summed E-state index contributed by atoms with van der Waals surface area (Å²) in [5, 5.41) is 10.5. The number of hydrogen-bond donors (Lipinski definition) is 3. The third-order valence-electron chi connectivity index (χ3n) is 15.1. The molecule has 0 saturated carbocycles. The minimum absolute atomic E-state index is 0.107. The topological polar surface area (TPSA) is 237 Å². The lowest BCUT2D eigenvalue weighted by Crippen LogP contribution is -2.30. The van der Waals surface area contributed by atoms with Crippen LogP contribution in [0.3, 0.4) is 0 Å². The minimum Gasteiger partial charge on any atom is -0.462 e. The van der Waals surface area contributed by atoms with Gasteiger partial charge in [0.1, 0.15) is 19.3 Å². The Morgan fingerprint density at radius 3 is 0.702 bits per heavy atom. The van der Waals surface area contributed by atoms with Crippen LogP contribution in [0.25, 0.3) is 0 Å². The fraction of sp³-hybridized carbons (Fsp3) is 0.938. The average molecular weight is 1240 g/mol.